The molecule has 0 rings (SSSR count). The average molecular weight is 435 g/mol. The first kappa shape index (κ1) is 28.9. The molecule has 29 heavy (non-hydrogen) atoms. The molecule has 0 fully saturated rings. The molecule has 0 saturated heterocycles. The van der Waals surface area contributed by atoms with E-state index >= 15 is 0 Å². The molecule has 2 atom stereocenters. The van der Waals surface area contributed by atoms with E-state index in [0.29, 0.717) is 12.8 Å². The molecule has 0 saturated carbocycles. The Kier molecular flexibility index (Phi) is 19.7. The van der Waals surface area contributed by atoms with E-state index < -0.39 is 15.4 Å². The average Bonchev–Trinajstić information content (AvgIpc) is 2.67. The standard InChI is InChI=1S/C24H50O4S/c1-3-5-7-9-10-11-12-14-15-19-23(25)20-17-18-22-24(29(26,27)28)21-16-13-8-6-4-2/h23-25H,3-22H2,1-2H3,(H,26,27,28). The van der Waals surface area contributed by atoms with Crippen LogP contribution in [0.3, 0.4) is 0 Å². The van der Waals surface area contributed by atoms with E-state index in [1.54, 1.807) is 0 Å². The van der Waals surface area contributed by atoms with Gasteiger partial charge in [-0.2, -0.15) is 8.42 Å². The molecule has 0 aromatic rings. The monoisotopic (exact) mass is 434 g/mol. The molecule has 176 valence electrons. The molecule has 0 bridgehead atoms. The van der Waals surface area contributed by atoms with E-state index in [9.17, 15) is 18.1 Å². The Balaban J connectivity index is 3.70. The second-order valence-electron chi connectivity index (χ2n) is 8.90. The van der Waals surface area contributed by atoms with Crippen LogP contribution in [0.25, 0.3) is 0 Å². The van der Waals surface area contributed by atoms with Crippen LogP contribution in [0, 0.1) is 0 Å². The number of aliphatic hydroxyl groups excluding tert-OH is 1. The lowest BCUT2D eigenvalue weighted by Crippen LogP contribution is -2.20. The second kappa shape index (κ2) is 19.8. The van der Waals surface area contributed by atoms with Crippen molar-refractivity contribution < 1.29 is 18.1 Å². The van der Waals surface area contributed by atoms with E-state index in [1.165, 1.54) is 64.2 Å². The van der Waals surface area contributed by atoms with Gasteiger partial charge in [-0.05, 0) is 25.7 Å². The van der Waals surface area contributed by atoms with Gasteiger partial charge in [0, 0.05) is 0 Å². The van der Waals surface area contributed by atoms with E-state index in [1.807, 2.05) is 0 Å². The fourth-order valence-corrected chi connectivity index (χ4v) is 4.93. The van der Waals surface area contributed by atoms with E-state index in [2.05, 4.69) is 13.8 Å². The molecule has 2 unspecified atom stereocenters. The first-order valence-corrected chi connectivity index (χ1v) is 14.1. The molecule has 0 radical (unpaired) electrons. The van der Waals surface area contributed by atoms with Gasteiger partial charge in [-0.3, -0.25) is 4.55 Å². The fraction of sp³-hybridized carbons (Fsp3) is 1.00. The van der Waals surface area contributed by atoms with Gasteiger partial charge in [0.1, 0.15) is 0 Å². The van der Waals surface area contributed by atoms with Crippen LogP contribution in [0.15, 0.2) is 0 Å². The van der Waals surface area contributed by atoms with Crippen molar-refractivity contribution in [2.75, 3.05) is 0 Å². The van der Waals surface area contributed by atoms with Crippen LogP contribution in [0.2, 0.25) is 0 Å². The van der Waals surface area contributed by atoms with Crippen molar-refractivity contribution >= 4 is 10.1 Å². The quantitative estimate of drug-likeness (QED) is 0.137. The number of aliphatic hydroxyl groups is 1. The van der Waals surface area contributed by atoms with Gasteiger partial charge in [0.2, 0.25) is 0 Å². The summed E-state index contributed by atoms with van der Waals surface area (Å²) in [6, 6.07) is 0. The molecule has 0 aromatic heterocycles. The predicted molar refractivity (Wildman–Crippen MR) is 125 cm³/mol. The highest BCUT2D eigenvalue weighted by Gasteiger charge is 2.22. The molecular formula is C24H50O4S. The minimum Gasteiger partial charge on any atom is -0.393 e. The van der Waals surface area contributed by atoms with Gasteiger partial charge in [-0.1, -0.05) is 117 Å². The summed E-state index contributed by atoms with van der Waals surface area (Å²) in [5.74, 6) is 0. The lowest BCUT2D eigenvalue weighted by atomic mass is 10.0. The van der Waals surface area contributed by atoms with Crippen LogP contribution in [0.5, 0.6) is 0 Å². The molecular weight excluding hydrogens is 384 g/mol. The zero-order valence-corrected chi connectivity index (χ0v) is 20.2. The normalized spacial score (nSPS) is 14.2. The first-order valence-electron chi connectivity index (χ1n) is 12.6. The fourth-order valence-electron chi connectivity index (χ4n) is 4.00. The summed E-state index contributed by atoms with van der Waals surface area (Å²) < 4.78 is 32.6. The molecule has 2 N–H and O–H groups in total. The molecule has 0 aliphatic carbocycles. The zero-order chi connectivity index (χ0) is 21.8. The maximum atomic E-state index is 11.6. The smallest absolute Gasteiger partial charge is 0.267 e. The number of unbranched alkanes of at least 4 members (excludes halogenated alkanes) is 13. The van der Waals surface area contributed by atoms with Crippen molar-refractivity contribution in [3.63, 3.8) is 0 Å². The van der Waals surface area contributed by atoms with E-state index in [-0.39, 0.29) is 6.10 Å². The number of hydrogen-bond acceptors (Lipinski definition) is 3. The number of hydrogen-bond donors (Lipinski definition) is 2. The highest BCUT2D eigenvalue weighted by molar-refractivity contribution is 7.86. The maximum absolute atomic E-state index is 11.6. The molecule has 4 nitrogen and oxygen atoms in total. The van der Waals surface area contributed by atoms with Crippen LogP contribution in [0.4, 0.5) is 0 Å². The molecule has 0 heterocycles. The van der Waals surface area contributed by atoms with Gasteiger partial charge >= 0.3 is 0 Å². The maximum Gasteiger partial charge on any atom is 0.267 e. The Labute approximate surface area is 182 Å². The summed E-state index contributed by atoms with van der Waals surface area (Å²) in [5, 5.41) is 9.50. The van der Waals surface area contributed by atoms with Crippen LogP contribution in [0.1, 0.15) is 142 Å². The van der Waals surface area contributed by atoms with Gasteiger partial charge in [-0.25, -0.2) is 0 Å². The Bertz CT molecular complexity index is 436. The molecule has 0 spiro atoms. The van der Waals surface area contributed by atoms with Crippen molar-refractivity contribution in [3.8, 4) is 0 Å². The lowest BCUT2D eigenvalue weighted by molar-refractivity contribution is 0.147. The Morgan fingerprint density at radius 3 is 1.28 bits per heavy atom. The summed E-state index contributed by atoms with van der Waals surface area (Å²) >= 11 is 0. The van der Waals surface area contributed by atoms with Gasteiger partial charge < -0.3 is 5.11 Å². The third kappa shape index (κ3) is 19.6. The summed E-state index contributed by atoms with van der Waals surface area (Å²) in [5.41, 5.74) is 0. The van der Waals surface area contributed by atoms with Gasteiger partial charge in [-0.15, -0.1) is 0 Å². The van der Waals surface area contributed by atoms with Crippen LogP contribution in [-0.2, 0) is 10.1 Å². The zero-order valence-electron chi connectivity index (χ0n) is 19.4. The number of rotatable bonds is 22. The first-order chi connectivity index (χ1) is 13.9. The summed E-state index contributed by atoms with van der Waals surface area (Å²) in [6.07, 6.45) is 21.0. The second-order valence-corrected chi connectivity index (χ2v) is 10.6. The van der Waals surface area contributed by atoms with Gasteiger partial charge in [0.25, 0.3) is 10.1 Å². The molecule has 0 aliphatic rings. The SMILES string of the molecule is CCCCCCCCCCCC(O)CCCCC(CCCCCCC)S(=O)(=O)O. The Morgan fingerprint density at radius 2 is 0.862 bits per heavy atom. The third-order valence-electron chi connectivity index (χ3n) is 6.01. The molecule has 0 amide bonds. The van der Waals surface area contributed by atoms with E-state index in [0.717, 1.165) is 51.4 Å². The summed E-state index contributed by atoms with van der Waals surface area (Å²) in [7, 11) is -3.95. The minimum absolute atomic E-state index is 0.266. The molecule has 0 aliphatic heterocycles. The van der Waals surface area contributed by atoms with Crippen LogP contribution < -0.4 is 0 Å². The minimum atomic E-state index is -3.95. The van der Waals surface area contributed by atoms with E-state index in [4.69, 9.17) is 0 Å². The van der Waals surface area contributed by atoms with Crippen molar-refractivity contribution in [1.82, 2.24) is 0 Å². The lowest BCUT2D eigenvalue weighted by Gasteiger charge is -2.15. The van der Waals surface area contributed by atoms with Crippen molar-refractivity contribution in [2.45, 2.75) is 154 Å². The van der Waals surface area contributed by atoms with Crippen molar-refractivity contribution in [2.24, 2.45) is 0 Å². The van der Waals surface area contributed by atoms with Gasteiger partial charge in [0.15, 0.2) is 0 Å². The summed E-state index contributed by atoms with van der Waals surface area (Å²) in [6.45, 7) is 4.40. The van der Waals surface area contributed by atoms with Crippen molar-refractivity contribution in [3.05, 3.63) is 0 Å². The highest BCUT2D eigenvalue weighted by atomic mass is 32.2. The molecule has 5 heteroatoms. The molecule has 0 aromatic carbocycles. The Morgan fingerprint density at radius 1 is 0.552 bits per heavy atom. The van der Waals surface area contributed by atoms with Crippen LogP contribution >= 0.6 is 0 Å². The van der Waals surface area contributed by atoms with Gasteiger partial charge in [0.05, 0.1) is 11.4 Å². The third-order valence-corrected chi connectivity index (χ3v) is 7.32. The van der Waals surface area contributed by atoms with Crippen molar-refractivity contribution in [1.29, 1.82) is 0 Å². The predicted octanol–water partition coefficient (Wildman–Crippen LogP) is 7.45. The summed E-state index contributed by atoms with van der Waals surface area (Å²) in [4.78, 5) is 0. The Hall–Kier alpha value is -0.130. The largest absolute Gasteiger partial charge is 0.393 e. The van der Waals surface area contributed by atoms with Crippen LogP contribution in [-0.4, -0.2) is 29.4 Å². The highest BCUT2D eigenvalue weighted by Crippen LogP contribution is 2.19. The topological polar surface area (TPSA) is 74.6 Å².